The first-order valence-electron chi connectivity index (χ1n) is 7.43. The summed E-state index contributed by atoms with van der Waals surface area (Å²) < 4.78 is 5.74. The summed E-state index contributed by atoms with van der Waals surface area (Å²) in [5.41, 5.74) is 4.40. The van der Waals surface area contributed by atoms with Crippen LogP contribution in [0.5, 0.6) is 5.75 Å². The highest BCUT2D eigenvalue weighted by Gasteiger charge is 2.29. The van der Waals surface area contributed by atoms with Crippen molar-refractivity contribution in [1.29, 1.82) is 0 Å². The zero-order chi connectivity index (χ0) is 16.1. The molecule has 2 aromatic heterocycles. The van der Waals surface area contributed by atoms with Gasteiger partial charge >= 0.3 is 0 Å². The number of imidazole rings is 1. The fourth-order valence-corrected chi connectivity index (χ4v) is 2.93. The largest absolute Gasteiger partial charge is 0.479 e. The van der Waals surface area contributed by atoms with Gasteiger partial charge in [-0.05, 0) is 31.5 Å². The van der Waals surface area contributed by atoms with Gasteiger partial charge in [0, 0.05) is 18.5 Å². The number of hydrogen-bond acceptors (Lipinski definition) is 4. The minimum Gasteiger partial charge on any atom is -0.479 e. The number of carbonyl (C=O) groups excluding carboxylic acids is 1. The number of benzene rings is 1. The molecule has 0 saturated carbocycles. The van der Waals surface area contributed by atoms with Crippen molar-refractivity contribution in [2.75, 3.05) is 11.9 Å². The molecule has 1 unspecified atom stereocenters. The molecule has 1 aromatic carbocycles. The Morgan fingerprint density at radius 3 is 2.87 bits per heavy atom. The Bertz CT molecular complexity index is 918. The zero-order valence-electron chi connectivity index (χ0n) is 13.1. The molecule has 6 nitrogen and oxygen atoms in total. The summed E-state index contributed by atoms with van der Waals surface area (Å²) in [6.07, 6.45) is 2.90. The fraction of sp³-hybridized carbons (Fsp3) is 0.235. The van der Waals surface area contributed by atoms with Gasteiger partial charge in [-0.1, -0.05) is 0 Å². The lowest BCUT2D eigenvalue weighted by Gasteiger charge is -2.30. The normalized spacial score (nSPS) is 17.3. The van der Waals surface area contributed by atoms with E-state index in [0.717, 1.165) is 33.5 Å². The van der Waals surface area contributed by atoms with Crippen LogP contribution in [0.1, 0.15) is 12.5 Å². The predicted molar refractivity (Wildman–Crippen MR) is 87.6 cm³/mol. The molecule has 1 amide bonds. The van der Waals surface area contributed by atoms with Crippen molar-refractivity contribution in [3.8, 4) is 17.1 Å². The lowest BCUT2D eigenvalue weighted by molar-refractivity contribution is -0.125. The smallest absolute Gasteiger partial charge is 0.267 e. The predicted octanol–water partition coefficient (Wildman–Crippen LogP) is 2.68. The molecule has 0 aliphatic carbocycles. The number of hydrogen-bond donors (Lipinski definition) is 1. The van der Waals surface area contributed by atoms with Crippen LogP contribution in [0.2, 0.25) is 0 Å². The van der Waals surface area contributed by atoms with Gasteiger partial charge in [0.1, 0.15) is 5.75 Å². The highest BCUT2D eigenvalue weighted by molar-refractivity contribution is 6.02. The maximum Gasteiger partial charge on any atom is 0.267 e. The first-order chi connectivity index (χ1) is 11.0. The number of ether oxygens (including phenoxy) is 1. The zero-order valence-corrected chi connectivity index (χ0v) is 13.1. The van der Waals surface area contributed by atoms with Crippen molar-refractivity contribution in [1.82, 2.24) is 15.0 Å². The lowest BCUT2D eigenvalue weighted by Crippen LogP contribution is -2.41. The van der Waals surface area contributed by atoms with E-state index in [0.29, 0.717) is 5.75 Å². The van der Waals surface area contributed by atoms with Crippen LogP contribution in [-0.2, 0) is 4.79 Å². The molecule has 1 N–H and O–H groups in total. The van der Waals surface area contributed by atoms with Gasteiger partial charge in [0.25, 0.3) is 5.91 Å². The van der Waals surface area contributed by atoms with Crippen molar-refractivity contribution in [3.05, 3.63) is 36.3 Å². The molecular formula is C17H16N4O2. The summed E-state index contributed by atoms with van der Waals surface area (Å²) in [6.45, 7) is 3.79. The molecule has 6 heteroatoms. The van der Waals surface area contributed by atoms with E-state index in [1.54, 1.807) is 31.4 Å². The van der Waals surface area contributed by atoms with E-state index in [2.05, 4.69) is 9.97 Å². The summed E-state index contributed by atoms with van der Waals surface area (Å²) in [5, 5.41) is 1.00. The highest BCUT2D eigenvalue weighted by Crippen LogP contribution is 2.38. The standard InChI is InChI=1S/C17H16N4O2/c1-9-4-13(14-7-18-8-19-14)20-12-6-16-15(5-11(9)12)21(3)17(22)10(2)23-16/h4-8,10H,1-3H3,(H,18,19). The van der Waals surface area contributed by atoms with Crippen LogP contribution in [0.25, 0.3) is 22.3 Å². The van der Waals surface area contributed by atoms with E-state index in [4.69, 9.17) is 9.72 Å². The van der Waals surface area contributed by atoms with Crippen LogP contribution in [0.3, 0.4) is 0 Å². The molecule has 1 atom stereocenters. The molecule has 23 heavy (non-hydrogen) atoms. The van der Waals surface area contributed by atoms with Gasteiger partial charge in [0.15, 0.2) is 6.10 Å². The Hall–Kier alpha value is -2.89. The number of nitrogens with zero attached hydrogens (tertiary/aromatic N) is 3. The molecule has 4 rings (SSSR count). The van der Waals surface area contributed by atoms with Gasteiger partial charge in [-0.25, -0.2) is 9.97 Å². The van der Waals surface area contributed by atoms with Gasteiger partial charge in [-0.15, -0.1) is 0 Å². The topological polar surface area (TPSA) is 71.1 Å². The number of anilines is 1. The summed E-state index contributed by atoms with van der Waals surface area (Å²) in [6, 6.07) is 5.88. The Labute approximate surface area is 133 Å². The number of H-pyrrole nitrogens is 1. The molecule has 0 spiro atoms. The maximum absolute atomic E-state index is 12.1. The average Bonchev–Trinajstić information content (AvgIpc) is 3.06. The second kappa shape index (κ2) is 4.81. The van der Waals surface area contributed by atoms with E-state index in [1.807, 2.05) is 25.1 Å². The van der Waals surface area contributed by atoms with E-state index in [1.165, 1.54) is 0 Å². The summed E-state index contributed by atoms with van der Waals surface area (Å²) in [5.74, 6) is 0.636. The number of aromatic nitrogens is 3. The number of aryl methyl sites for hydroxylation is 1. The minimum absolute atomic E-state index is 0.0449. The highest BCUT2D eigenvalue weighted by atomic mass is 16.5. The molecule has 3 heterocycles. The molecule has 116 valence electrons. The summed E-state index contributed by atoms with van der Waals surface area (Å²) in [4.78, 5) is 25.5. The van der Waals surface area contributed by atoms with Gasteiger partial charge in [-0.2, -0.15) is 0 Å². The van der Waals surface area contributed by atoms with Crippen molar-refractivity contribution in [3.63, 3.8) is 0 Å². The number of nitrogens with one attached hydrogen (secondary N) is 1. The number of rotatable bonds is 1. The average molecular weight is 308 g/mol. The number of amides is 1. The van der Waals surface area contributed by atoms with Gasteiger partial charge in [0.2, 0.25) is 0 Å². The van der Waals surface area contributed by atoms with E-state index in [9.17, 15) is 4.79 Å². The number of aromatic amines is 1. The van der Waals surface area contributed by atoms with Crippen LogP contribution in [0.4, 0.5) is 5.69 Å². The van der Waals surface area contributed by atoms with Gasteiger partial charge < -0.3 is 14.6 Å². The third kappa shape index (κ3) is 2.06. The first-order valence-corrected chi connectivity index (χ1v) is 7.43. The van der Waals surface area contributed by atoms with Crippen molar-refractivity contribution in [2.24, 2.45) is 0 Å². The Morgan fingerprint density at radius 2 is 2.13 bits per heavy atom. The number of fused-ring (bicyclic) bond motifs is 2. The van der Waals surface area contributed by atoms with Crippen LogP contribution in [0, 0.1) is 6.92 Å². The third-order valence-electron chi connectivity index (χ3n) is 4.21. The summed E-state index contributed by atoms with van der Waals surface area (Å²) in [7, 11) is 1.77. The van der Waals surface area contributed by atoms with E-state index in [-0.39, 0.29) is 5.91 Å². The molecule has 0 bridgehead atoms. The Balaban J connectivity index is 1.94. The fourth-order valence-electron chi connectivity index (χ4n) is 2.93. The molecular weight excluding hydrogens is 292 g/mol. The number of pyridine rings is 1. The lowest BCUT2D eigenvalue weighted by atomic mass is 10.1. The van der Waals surface area contributed by atoms with Gasteiger partial charge in [0.05, 0.1) is 35.1 Å². The van der Waals surface area contributed by atoms with Gasteiger partial charge in [-0.3, -0.25) is 4.79 Å². The number of likely N-dealkylation sites (N-methyl/N-ethyl adjacent to an activating group) is 1. The maximum atomic E-state index is 12.1. The second-order valence-corrected chi connectivity index (χ2v) is 5.78. The first kappa shape index (κ1) is 13.8. The Kier molecular flexibility index (Phi) is 2.87. The van der Waals surface area contributed by atoms with Crippen LogP contribution in [0.15, 0.2) is 30.7 Å². The van der Waals surface area contributed by atoms with E-state index < -0.39 is 6.10 Å². The van der Waals surface area contributed by atoms with Crippen LogP contribution < -0.4 is 9.64 Å². The quantitative estimate of drug-likeness (QED) is 0.750. The van der Waals surface area contributed by atoms with Crippen molar-refractivity contribution < 1.29 is 9.53 Å². The Morgan fingerprint density at radius 1 is 1.30 bits per heavy atom. The molecule has 0 saturated heterocycles. The molecule has 3 aromatic rings. The monoisotopic (exact) mass is 308 g/mol. The van der Waals surface area contributed by atoms with Crippen molar-refractivity contribution >= 4 is 22.5 Å². The van der Waals surface area contributed by atoms with Crippen molar-refractivity contribution in [2.45, 2.75) is 20.0 Å². The molecule has 0 fully saturated rings. The number of carbonyl (C=O) groups is 1. The second-order valence-electron chi connectivity index (χ2n) is 5.78. The van der Waals surface area contributed by atoms with E-state index >= 15 is 0 Å². The summed E-state index contributed by atoms with van der Waals surface area (Å²) >= 11 is 0. The SMILES string of the molecule is Cc1cc(-c2cnc[nH]2)nc2cc3c(cc12)N(C)C(=O)C(C)O3. The molecule has 1 aliphatic rings. The minimum atomic E-state index is -0.484. The molecule has 1 aliphatic heterocycles. The molecule has 0 radical (unpaired) electrons. The van der Waals surface area contributed by atoms with Crippen LogP contribution >= 0.6 is 0 Å². The third-order valence-corrected chi connectivity index (χ3v) is 4.21. The van der Waals surface area contributed by atoms with Crippen LogP contribution in [-0.4, -0.2) is 34.0 Å².